The number of rotatable bonds is 4. The molecule has 3 N–H and O–H groups in total. The van der Waals surface area contributed by atoms with E-state index in [-0.39, 0.29) is 17.9 Å². The van der Waals surface area contributed by atoms with Crippen LogP contribution in [0.5, 0.6) is 0 Å². The smallest absolute Gasteiger partial charge is 0.252 e. The van der Waals surface area contributed by atoms with Crippen molar-refractivity contribution in [2.75, 3.05) is 17.6 Å². The summed E-state index contributed by atoms with van der Waals surface area (Å²) in [7, 11) is -1.82. The predicted molar refractivity (Wildman–Crippen MR) is 75.7 cm³/mol. The highest BCUT2D eigenvalue weighted by Gasteiger charge is 2.07. The van der Waals surface area contributed by atoms with Gasteiger partial charge in [0.25, 0.3) is 5.56 Å². The van der Waals surface area contributed by atoms with Crippen LogP contribution in [0, 0.1) is 0 Å². The van der Waals surface area contributed by atoms with E-state index in [2.05, 4.69) is 5.32 Å². The molecule has 2 rings (SSSR count). The van der Waals surface area contributed by atoms with E-state index >= 15 is 0 Å². The lowest BCUT2D eigenvalue weighted by Gasteiger charge is -2.11. The monoisotopic (exact) mass is 281 g/mol. The second kappa shape index (κ2) is 5.02. The van der Waals surface area contributed by atoms with Crippen molar-refractivity contribution in [1.82, 2.24) is 4.57 Å². The zero-order valence-corrected chi connectivity index (χ0v) is 11.3. The minimum Gasteiger partial charge on any atom is -0.383 e. The number of pyridine rings is 1. The van der Waals surface area contributed by atoms with E-state index < -0.39 is 10.0 Å². The Kier molecular flexibility index (Phi) is 3.59. The van der Waals surface area contributed by atoms with Crippen LogP contribution in [-0.4, -0.2) is 25.3 Å². The SMILES string of the molecule is Cn1c(=O)cc(NCCS(N)(=O)=O)c2ccccc21. The lowest BCUT2D eigenvalue weighted by Crippen LogP contribution is -2.23. The summed E-state index contributed by atoms with van der Waals surface area (Å²) in [6, 6.07) is 8.86. The summed E-state index contributed by atoms with van der Waals surface area (Å²) in [5.41, 5.74) is 1.24. The van der Waals surface area contributed by atoms with E-state index in [4.69, 9.17) is 5.14 Å². The Labute approximate surface area is 110 Å². The van der Waals surface area contributed by atoms with Crippen LogP contribution in [0.2, 0.25) is 0 Å². The molecule has 0 radical (unpaired) electrons. The number of benzene rings is 1. The molecule has 1 aromatic carbocycles. The number of hydrogen-bond donors (Lipinski definition) is 2. The van der Waals surface area contributed by atoms with Gasteiger partial charge in [0.2, 0.25) is 10.0 Å². The number of para-hydroxylation sites is 1. The van der Waals surface area contributed by atoms with E-state index in [1.807, 2.05) is 24.3 Å². The molecule has 7 heteroatoms. The third kappa shape index (κ3) is 3.12. The second-order valence-corrected chi connectivity index (χ2v) is 6.00. The number of aryl methyl sites for hydroxylation is 1. The molecule has 0 aliphatic heterocycles. The summed E-state index contributed by atoms with van der Waals surface area (Å²) in [6.07, 6.45) is 0. The van der Waals surface area contributed by atoms with E-state index in [9.17, 15) is 13.2 Å². The largest absolute Gasteiger partial charge is 0.383 e. The van der Waals surface area contributed by atoms with Crippen molar-refractivity contribution < 1.29 is 8.42 Å². The van der Waals surface area contributed by atoms with Gasteiger partial charge in [0.1, 0.15) is 0 Å². The standard InChI is InChI=1S/C12H15N3O3S/c1-15-11-5-3-2-4-9(11)10(8-12(15)16)14-6-7-19(13,17)18/h2-5,8,14H,6-7H2,1H3,(H2,13,17,18). The van der Waals surface area contributed by atoms with Gasteiger partial charge in [-0.3, -0.25) is 4.79 Å². The van der Waals surface area contributed by atoms with Crippen LogP contribution in [0.3, 0.4) is 0 Å². The topological polar surface area (TPSA) is 94.2 Å². The molecule has 0 saturated carbocycles. The van der Waals surface area contributed by atoms with Crippen LogP contribution >= 0.6 is 0 Å². The molecule has 0 fully saturated rings. The summed E-state index contributed by atoms with van der Waals surface area (Å²) in [5.74, 6) is -0.184. The Morgan fingerprint density at radius 3 is 2.68 bits per heavy atom. The van der Waals surface area contributed by atoms with E-state index in [1.165, 1.54) is 6.07 Å². The molecule has 19 heavy (non-hydrogen) atoms. The normalized spacial score (nSPS) is 11.7. The number of anilines is 1. The van der Waals surface area contributed by atoms with Gasteiger partial charge in [0.15, 0.2) is 0 Å². The quantitative estimate of drug-likeness (QED) is 0.839. The fourth-order valence-corrected chi connectivity index (χ4v) is 2.27. The zero-order valence-electron chi connectivity index (χ0n) is 10.5. The van der Waals surface area contributed by atoms with Crippen LogP contribution in [0.25, 0.3) is 10.9 Å². The first-order valence-electron chi connectivity index (χ1n) is 5.71. The summed E-state index contributed by atoms with van der Waals surface area (Å²) in [4.78, 5) is 11.8. The molecule has 0 aliphatic rings. The van der Waals surface area contributed by atoms with Gasteiger partial charge in [0, 0.05) is 30.7 Å². The van der Waals surface area contributed by atoms with E-state index in [0.717, 1.165) is 10.9 Å². The third-order valence-electron chi connectivity index (χ3n) is 2.86. The number of nitrogens with two attached hydrogens (primary N) is 1. The van der Waals surface area contributed by atoms with Crippen molar-refractivity contribution in [3.63, 3.8) is 0 Å². The number of nitrogens with zero attached hydrogens (tertiary/aromatic N) is 1. The van der Waals surface area contributed by atoms with E-state index in [0.29, 0.717) is 5.69 Å². The molecule has 6 nitrogen and oxygen atoms in total. The average Bonchev–Trinajstić information content (AvgIpc) is 2.34. The Balaban J connectivity index is 2.38. The van der Waals surface area contributed by atoms with Crippen molar-refractivity contribution in [1.29, 1.82) is 0 Å². The Hall–Kier alpha value is -1.86. The lowest BCUT2D eigenvalue weighted by atomic mass is 10.2. The summed E-state index contributed by atoms with van der Waals surface area (Å²) < 4.78 is 23.3. The second-order valence-electron chi connectivity index (χ2n) is 4.27. The van der Waals surface area contributed by atoms with Gasteiger partial charge in [-0.05, 0) is 6.07 Å². The van der Waals surface area contributed by atoms with Gasteiger partial charge < -0.3 is 9.88 Å². The number of aromatic nitrogens is 1. The van der Waals surface area contributed by atoms with Crippen LogP contribution in [0.15, 0.2) is 35.1 Å². The molecular weight excluding hydrogens is 266 g/mol. The van der Waals surface area contributed by atoms with E-state index in [1.54, 1.807) is 11.6 Å². The summed E-state index contributed by atoms with van der Waals surface area (Å²) in [5, 5.41) is 8.73. The maximum absolute atomic E-state index is 11.8. The Morgan fingerprint density at radius 2 is 2.00 bits per heavy atom. The molecular formula is C12H15N3O3S. The number of sulfonamides is 1. The van der Waals surface area contributed by atoms with Crippen LogP contribution in [0.1, 0.15) is 0 Å². The minimum atomic E-state index is -3.51. The third-order valence-corrected chi connectivity index (χ3v) is 3.63. The van der Waals surface area contributed by atoms with Crippen LogP contribution in [0.4, 0.5) is 5.69 Å². The fourth-order valence-electron chi connectivity index (χ4n) is 1.88. The molecule has 0 unspecified atom stereocenters. The molecule has 2 aromatic rings. The number of nitrogens with one attached hydrogen (secondary N) is 1. The maximum Gasteiger partial charge on any atom is 0.252 e. The van der Waals surface area contributed by atoms with Gasteiger partial charge in [-0.25, -0.2) is 13.6 Å². The van der Waals surface area contributed by atoms with Gasteiger partial charge >= 0.3 is 0 Å². The number of hydrogen-bond acceptors (Lipinski definition) is 4. The van der Waals surface area contributed by atoms with Crippen molar-refractivity contribution >= 4 is 26.6 Å². The Morgan fingerprint density at radius 1 is 1.32 bits per heavy atom. The molecule has 1 aromatic heterocycles. The van der Waals surface area contributed by atoms with Crippen LogP contribution < -0.4 is 16.0 Å². The van der Waals surface area contributed by atoms with Crippen molar-refractivity contribution in [2.24, 2.45) is 12.2 Å². The first-order valence-corrected chi connectivity index (χ1v) is 7.43. The van der Waals surface area contributed by atoms with Gasteiger partial charge in [-0.1, -0.05) is 18.2 Å². The molecule has 102 valence electrons. The average molecular weight is 281 g/mol. The summed E-state index contributed by atoms with van der Waals surface area (Å²) >= 11 is 0. The molecule has 0 aliphatic carbocycles. The Bertz CT molecular complexity index is 765. The van der Waals surface area contributed by atoms with Crippen molar-refractivity contribution in [2.45, 2.75) is 0 Å². The van der Waals surface area contributed by atoms with Crippen LogP contribution in [-0.2, 0) is 17.1 Å². The number of fused-ring (bicyclic) bond motifs is 1. The fraction of sp³-hybridized carbons (Fsp3) is 0.250. The van der Waals surface area contributed by atoms with Gasteiger partial charge in [-0.2, -0.15) is 0 Å². The highest BCUT2D eigenvalue weighted by atomic mass is 32.2. The molecule has 0 bridgehead atoms. The zero-order chi connectivity index (χ0) is 14.0. The molecule has 1 heterocycles. The molecule has 0 amide bonds. The highest BCUT2D eigenvalue weighted by Crippen LogP contribution is 2.20. The number of primary sulfonamides is 1. The first kappa shape index (κ1) is 13.6. The molecule has 0 atom stereocenters. The predicted octanol–water partition coefficient (Wildman–Crippen LogP) is 0.239. The molecule has 0 spiro atoms. The van der Waals surface area contributed by atoms with Crippen molar-refractivity contribution in [3.8, 4) is 0 Å². The highest BCUT2D eigenvalue weighted by molar-refractivity contribution is 7.89. The van der Waals surface area contributed by atoms with Crippen molar-refractivity contribution in [3.05, 3.63) is 40.7 Å². The van der Waals surface area contributed by atoms with Gasteiger partial charge in [0.05, 0.1) is 11.3 Å². The minimum absolute atomic E-state index is 0.156. The van der Waals surface area contributed by atoms with Gasteiger partial charge in [-0.15, -0.1) is 0 Å². The molecule has 0 saturated heterocycles. The lowest BCUT2D eigenvalue weighted by molar-refractivity contribution is 0.598. The first-order chi connectivity index (χ1) is 8.88. The summed E-state index contributed by atoms with van der Waals surface area (Å²) in [6.45, 7) is 0.163. The maximum atomic E-state index is 11.8.